The topological polar surface area (TPSA) is 47.6 Å². The van der Waals surface area contributed by atoms with Crippen molar-refractivity contribution in [3.63, 3.8) is 0 Å². The van der Waals surface area contributed by atoms with Gasteiger partial charge in [-0.3, -0.25) is 4.79 Å². The lowest BCUT2D eigenvalue weighted by Crippen LogP contribution is -2.41. The van der Waals surface area contributed by atoms with E-state index in [0.29, 0.717) is 17.6 Å². The van der Waals surface area contributed by atoms with E-state index < -0.39 is 18.3 Å². The first kappa shape index (κ1) is 18.0. The maximum absolute atomic E-state index is 13.6. The molecule has 1 aliphatic heterocycles. The van der Waals surface area contributed by atoms with Gasteiger partial charge in [0.1, 0.15) is 5.82 Å². The van der Waals surface area contributed by atoms with Gasteiger partial charge in [0.25, 0.3) is 0 Å². The van der Waals surface area contributed by atoms with Crippen molar-refractivity contribution >= 4 is 18.5 Å². The van der Waals surface area contributed by atoms with Crippen molar-refractivity contribution in [3.8, 4) is 0 Å². The normalized spacial score (nSPS) is 19.0. The lowest BCUT2D eigenvalue weighted by atomic mass is 9.75. The van der Waals surface area contributed by atoms with E-state index in [4.69, 9.17) is 9.31 Å². The number of nitrogens with one attached hydrogen (secondary N) is 1. The van der Waals surface area contributed by atoms with E-state index in [1.165, 1.54) is 12.1 Å². The highest BCUT2D eigenvalue weighted by Gasteiger charge is 2.52. The molecule has 1 aromatic carbocycles. The fraction of sp³-hybridized carbons (Fsp3) is 0.588. The average molecular weight is 321 g/mol. The van der Waals surface area contributed by atoms with E-state index in [9.17, 15) is 9.18 Å². The second kappa shape index (κ2) is 6.61. The first-order chi connectivity index (χ1) is 10.7. The molecule has 2 rings (SSSR count). The Morgan fingerprint density at radius 2 is 1.83 bits per heavy atom. The maximum Gasteiger partial charge on any atom is 0.495 e. The molecule has 1 fully saturated rings. The monoisotopic (exact) mass is 321 g/mol. The molecule has 1 saturated heterocycles. The average Bonchev–Trinajstić information content (AvgIpc) is 2.65. The summed E-state index contributed by atoms with van der Waals surface area (Å²) in [4.78, 5) is 12.0. The summed E-state index contributed by atoms with van der Waals surface area (Å²) in [6, 6.07) is 4.39. The van der Waals surface area contributed by atoms with Crippen LogP contribution in [0.2, 0.25) is 0 Å². The van der Waals surface area contributed by atoms with Crippen LogP contribution in [0.15, 0.2) is 18.2 Å². The number of rotatable bonds is 5. The van der Waals surface area contributed by atoms with Gasteiger partial charge in [0.05, 0.1) is 17.6 Å². The first-order valence-electron chi connectivity index (χ1n) is 8.07. The number of hydrogen-bond donors (Lipinski definition) is 1. The second-order valence-corrected chi connectivity index (χ2v) is 6.96. The molecule has 1 N–H and O–H groups in total. The van der Waals surface area contributed by atoms with Crippen LogP contribution >= 0.6 is 0 Å². The molecule has 0 unspecified atom stereocenters. The summed E-state index contributed by atoms with van der Waals surface area (Å²) in [5.41, 5.74) is 0.343. The number of carbonyl (C=O) groups is 1. The highest BCUT2D eigenvalue weighted by Crippen LogP contribution is 2.36. The summed E-state index contributed by atoms with van der Waals surface area (Å²) in [6.07, 6.45) is 0.968. The lowest BCUT2D eigenvalue weighted by molar-refractivity contribution is -0.120. The fourth-order valence-electron chi connectivity index (χ4n) is 2.43. The summed E-state index contributed by atoms with van der Waals surface area (Å²) in [6.45, 7) is 10.4. The smallest absolute Gasteiger partial charge is 0.399 e. The fourth-order valence-corrected chi connectivity index (χ4v) is 2.43. The molecule has 0 aromatic heterocycles. The summed E-state index contributed by atoms with van der Waals surface area (Å²) < 4.78 is 25.7. The maximum atomic E-state index is 13.6. The van der Waals surface area contributed by atoms with Crippen LogP contribution in [-0.2, 0) is 20.5 Å². The van der Waals surface area contributed by atoms with Gasteiger partial charge in [-0.05, 0) is 57.3 Å². The number of amides is 1. The Balaban J connectivity index is 2.24. The molecule has 23 heavy (non-hydrogen) atoms. The third-order valence-corrected chi connectivity index (χ3v) is 4.54. The number of hydrogen-bond acceptors (Lipinski definition) is 3. The molecule has 0 radical (unpaired) electrons. The number of benzene rings is 1. The van der Waals surface area contributed by atoms with Crippen LogP contribution in [0.5, 0.6) is 0 Å². The number of carbonyl (C=O) groups excluding carboxylic acids is 1. The number of halogens is 1. The van der Waals surface area contributed by atoms with Crippen molar-refractivity contribution < 1.29 is 18.5 Å². The third kappa shape index (κ3) is 3.93. The molecule has 1 aromatic rings. The van der Waals surface area contributed by atoms with E-state index in [-0.39, 0.29) is 18.1 Å². The minimum Gasteiger partial charge on any atom is -0.399 e. The highest BCUT2D eigenvalue weighted by molar-refractivity contribution is 6.62. The van der Waals surface area contributed by atoms with Gasteiger partial charge in [0.2, 0.25) is 5.91 Å². The third-order valence-electron chi connectivity index (χ3n) is 4.54. The molecule has 1 heterocycles. The van der Waals surface area contributed by atoms with Crippen molar-refractivity contribution in [2.45, 2.75) is 58.7 Å². The largest absolute Gasteiger partial charge is 0.495 e. The van der Waals surface area contributed by atoms with Crippen molar-refractivity contribution in [1.82, 2.24) is 5.32 Å². The zero-order valence-electron chi connectivity index (χ0n) is 14.5. The van der Waals surface area contributed by atoms with E-state index >= 15 is 0 Å². The van der Waals surface area contributed by atoms with Gasteiger partial charge >= 0.3 is 7.12 Å². The molecule has 0 atom stereocenters. The van der Waals surface area contributed by atoms with Gasteiger partial charge in [0.15, 0.2) is 0 Å². The van der Waals surface area contributed by atoms with Crippen LogP contribution in [0.4, 0.5) is 4.39 Å². The summed E-state index contributed by atoms with van der Waals surface area (Å²) >= 11 is 0. The molecule has 0 bridgehead atoms. The van der Waals surface area contributed by atoms with Gasteiger partial charge in [-0.2, -0.15) is 0 Å². The van der Waals surface area contributed by atoms with Gasteiger partial charge in [-0.15, -0.1) is 0 Å². The Morgan fingerprint density at radius 1 is 1.22 bits per heavy atom. The first-order valence-corrected chi connectivity index (χ1v) is 8.07. The van der Waals surface area contributed by atoms with E-state index in [1.54, 1.807) is 6.07 Å². The van der Waals surface area contributed by atoms with Crippen LogP contribution in [0.25, 0.3) is 0 Å². The van der Waals surface area contributed by atoms with Crippen LogP contribution in [0.1, 0.15) is 46.6 Å². The predicted molar refractivity (Wildman–Crippen MR) is 89.1 cm³/mol. The van der Waals surface area contributed by atoms with Crippen LogP contribution < -0.4 is 10.8 Å². The molecular weight excluding hydrogens is 296 g/mol. The molecule has 0 spiro atoms. The SMILES string of the molecule is CCCNC(=O)Cc1cc(F)ccc1B1OC(C)(C)C(C)(C)O1. The van der Waals surface area contributed by atoms with Crippen LogP contribution in [0.3, 0.4) is 0 Å². The van der Waals surface area contributed by atoms with Crippen molar-refractivity contribution in [1.29, 1.82) is 0 Å². The zero-order valence-corrected chi connectivity index (χ0v) is 14.5. The highest BCUT2D eigenvalue weighted by atomic mass is 19.1. The Hall–Kier alpha value is -1.40. The Morgan fingerprint density at radius 3 is 2.39 bits per heavy atom. The van der Waals surface area contributed by atoms with Crippen LogP contribution in [-0.4, -0.2) is 30.8 Å². The zero-order chi connectivity index (χ0) is 17.3. The van der Waals surface area contributed by atoms with Crippen molar-refractivity contribution in [3.05, 3.63) is 29.6 Å². The van der Waals surface area contributed by atoms with Crippen molar-refractivity contribution in [2.24, 2.45) is 0 Å². The summed E-state index contributed by atoms with van der Waals surface area (Å²) in [7, 11) is -0.602. The van der Waals surface area contributed by atoms with Crippen molar-refractivity contribution in [2.75, 3.05) is 6.54 Å². The molecule has 0 aliphatic carbocycles. The van der Waals surface area contributed by atoms with E-state index in [2.05, 4.69) is 5.32 Å². The molecular formula is C17H25BFNO3. The molecule has 1 amide bonds. The van der Waals surface area contributed by atoms with Gasteiger partial charge < -0.3 is 14.6 Å². The molecule has 6 heteroatoms. The molecule has 1 aliphatic rings. The van der Waals surface area contributed by atoms with Gasteiger partial charge in [-0.25, -0.2) is 4.39 Å². The van der Waals surface area contributed by atoms with Gasteiger partial charge in [0, 0.05) is 6.54 Å². The quantitative estimate of drug-likeness (QED) is 0.846. The molecule has 0 saturated carbocycles. The van der Waals surface area contributed by atoms with E-state index in [1.807, 2.05) is 34.6 Å². The second-order valence-electron chi connectivity index (χ2n) is 6.96. The standard InChI is InChI=1S/C17H25BFNO3/c1-6-9-20-15(21)11-12-10-13(19)7-8-14(12)18-22-16(2,3)17(4,5)23-18/h7-8,10H,6,9,11H2,1-5H3,(H,20,21). The minimum atomic E-state index is -0.602. The molecule has 4 nitrogen and oxygen atoms in total. The molecule has 126 valence electrons. The Labute approximate surface area is 137 Å². The van der Waals surface area contributed by atoms with Crippen LogP contribution in [0, 0.1) is 5.82 Å². The van der Waals surface area contributed by atoms with Gasteiger partial charge in [-0.1, -0.05) is 13.0 Å². The van der Waals surface area contributed by atoms with E-state index in [0.717, 1.165) is 6.42 Å². The summed E-state index contributed by atoms with van der Waals surface area (Å²) in [5, 5.41) is 2.81. The predicted octanol–water partition coefficient (Wildman–Crippen LogP) is 2.19. The lowest BCUT2D eigenvalue weighted by Gasteiger charge is -2.32. The Bertz CT molecular complexity index is 573. The summed E-state index contributed by atoms with van der Waals surface area (Å²) in [5.74, 6) is -0.501. The Kier molecular flexibility index (Phi) is 5.16. The minimum absolute atomic E-state index is 0.108.